The third kappa shape index (κ3) is 3.98. The topological polar surface area (TPSA) is 73.5 Å². The van der Waals surface area contributed by atoms with E-state index in [0.717, 1.165) is 22.3 Å². The van der Waals surface area contributed by atoms with Crippen LogP contribution in [0.5, 0.6) is 0 Å². The number of H-pyrrole nitrogens is 1. The molecule has 0 saturated carbocycles. The Morgan fingerprint density at radius 1 is 1.28 bits per heavy atom. The van der Waals surface area contributed by atoms with Crippen LogP contribution in [0.2, 0.25) is 0 Å². The van der Waals surface area contributed by atoms with Gasteiger partial charge in [-0.1, -0.05) is 0 Å². The number of nitrogens with zero attached hydrogens (tertiary/aromatic N) is 5. The minimum atomic E-state index is -4.16. The molecule has 0 aliphatic carbocycles. The average Bonchev–Trinajstić information content (AvgIpc) is 3.30. The molecule has 9 heteroatoms. The molecule has 3 aromatic heterocycles. The van der Waals surface area contributed by atoms with E-state index in [4.69, 9.17) is 0 Å². The van der Waals surface area contributed by atoms with Gasteiger partial charge in [0.2, 0.25) is 0 Å². The Morgan fingerprint density at radius 3 is 2.69 bits per heavy atom. The van der Waals surface area contributed by atoms with Gasteiger partial charge in [-0.15, -0.1) is 0 Å². The van der Waals surface area contributed by atoms with E-state index in [9.17, 15) is 18.4 Å². The highest BCUT2D eigenvalue weighted by Gasteiger charge is 2.33. The maximum atomic E-state index is 12.6. The summed E-state index contributed by atoms with van der Waals surface area (Å²) >= 11 is 0. The summed E-state index contributed by atoms with van der Waals surface area (Å²) in [4.78, 5) is 8.82. The van der Waals surface area contributed by atoms with E-state index in [-0.39, 0.29) is 5.92 Å². The van der Waals surface area contributed by atoms with Gasteiger partial charge in [0.25, 0.3) is 0 Å². The summed E-state index contributed by atoms with van der Waals surface area (Å²) in [6.45, 7) is 2.69. The molecule has 0 unspecified atom stereocenters. The molecule has 1 aliphatic rings. The molecule has 1 aliphatic heterocycles. The number of hydrogen-bond acceptors (Lipinski definition) is 4. The van der Waals surface area contributed by atoms with Crippen LogP contribution in [0.15, 0.2) is 24.5 Å². The van der Waals surface area contributed by atoms with Gasteiger partial charge in [-0.25, -0.2) is 4.98 Å². The first kappa shape index (κ1) is 19.5. The Kier molecular flexibility index (Phi) is 5.04. The molecule has 0 aromatic carbocycles. The van der Waals surface area contributed by atoms with Gasteiger partial charge in [-0.2, -0.15) is 23.5 Å². The van der Waals surface area contributed by atoms with Gasteiger partial charge in [-0.05, 0) is 45.0 Å². The maximum absolute atomic E-state index is 12.6. The quantitative estimate of drug-likeness (QED) is 0.714. The number of hydrogen-bond donors (Lipinski definition) is 1. The highest BCUT2D eigenvalue weighted by atomic mass is 19.4. The Morgan fingerprint density at radius 2 is 2.03 bits per heavy atom. The second-order valence-corrected chi connectivity index (χ2v) is 7.37. The van der Waals surface area contributed by atoms with Gasteiger partial charge in [0.15, 0.2) is 0 Å². The molecule has 0 spiro atoms. The van der Waals surface area contributed by atoms with E-state index in [1.807, 2.05) is 23.7 Å². The first-order valence-corrected chi connectivity index (χ1v) is 9.62. The summed E-state index contributed by atoms with van der Waals surface area (Å²) in [6.07, 6.45) is 0.547. The number of nitriles is 1. The van der Waals surface area contributed by atoms with Gasteiger partial charge in [0.1, 0.15) is 11.7 Å². The SMILES string of the molecule is CCn1nc(-c2cnc3[nH]cc(C#N)c3c2)cc1C1CCN(CC(F)(F)F)CC1. The number of halogens is 3. The van der Waals surface area contributed by atoms with Crippen LogP contribution >= 0.6 is 0 Å². The lowest BCUT2D eigenvalue weighted by Crippen LogP contribution is -2.39. The Bertz CT molecular complexity index is 1050. The number of aromatic nitrogens is 4. The largest absolute Gasteiger partial charge is 0.401 e. The van der Waals surface area contributed by atoms with Crippen molar-refractivity contribution in [3.8, 4) is 17.3 Å². The number of nitrogens with one attached hydrogen (secondary N) is 1. The van der Waals surface area contributed by atoms with Gasteiger partial charge in [-0.3, -0.25) is 9.58 Å². The second kappa shape index (κ2) is 7.52. The lowest BCUT2D eigenvalue weighted by atomic mass is 9.93. The molecule has 4 rings (SSSR count). The van der Waals surface area contributed by atoms with Crippen LogP contribution in [0, 0.1) is 11.3 Å². The van der Waals surface area contributed by atoms with Crippen molar-refractivity contribution in [3.05, 3.63) is 35.8 Å². The number of fused-ring (bicyclic) bond motifs is 1. The molecule has 1 fully saturated rings. The molecule has 1 N–H and O–H groups in total. The Hall–Kier alpha value is -2.86. The van der Waals surface area contributed by atoms with Crippen LogP contribution < -0.4 is 0 Å². The molecule has 0 atom stereocenters. The predicted molar refractivity (Wildman–Crippen MR) is 102 cm³/mol. The molecular formula is C20H21F3N6. The summed E-state index contributed by atoms with van der Waals surface area (Å²) in [5.74, 6) is 0.180. The zero-order valence-corrected chi connectivity index (χ0v) is 16.0. The van der Waals surface area contributed by atoms with Gasteiger partial charge >= 0.3 is 6.18 Å². The van der Waals surface area contributed by atoms with E-state index in [2.05, 4.69) is 21.1 Å². The molecule has 0 bridgehead atoms. The lowest BCUT2D eigenvalue weighted by Gasteiger charge is -2.32. The second-order valence-electron chi connectivity index (χ2n) is 7.37. The van der Waals surface area contributed by atoms with E-state index < -0.39 is 12.7 Å². The van der Waals surface area contributed by atoms with Crippen molar-refractivity contribution in [1.29, 1.82) is 5.26 Å². The standard InChI is InChI=1S/C20H21F3N6/c1-2-29-18(13-3-5-28(6-4-13)12-20(21,22)23)8-17(27-29)14-7-16-15(9-24)11-26-19(16)25-10-14/h7-8,10-11,13H,2-6,12H2,1H3,(H,25,26). The normalized spacial score (nSPS) is 16.4. The van der Waals surface area contributed by atoms with Gasteiger partial charge in [0, 0.05) is 41.5 Å². The first-order chi connectivity index (χ1) is 13.9. The van der Waals surface area contributed by atoms with E-state index in [0.29, 0.717) is 43.7 Å². The van der Waals surface area contributed by atoms with Gasteiger partial charge < -0.3 is 4.98 Å². The van der Waals surface area contributed by atoms with E-state index in [1.165, 1.54) is 4.90 Å². The highest BCUT2D eigenvalue weighted by molar-refractivity contribution is 5.86. The molecule has 152 valence electrons. The van der Waals surface area contributed by atoms with Crippen LogP contribution in [0.25, 0.3) is 22.3 Å². The molecule has 6 nitrogen and oxygen atoms in total. The number of aromatic amines is 1. The van der Waals surface area contributed by atoms with Crippen LogP contribution in [0.4, 0.5) is 13.2 Å². The van der Waals surface area contributed by atoms with Crippen molar-refractivity contribution in [2.45, 2.75) is 38.4 Å². The minimum Gasteiger partial charge on any atom is -0.345 e. The summed E-state index contributed by atoms with van der Waals surface area (Å²) in [5, 5.41) is 14.7. The molecule has 0 radical (unpaired) electrons. The predicted octanol–water partition coefficient (Wildman–Crippen LogP) is 4.06. The molecule has 3 aromatic rings. The number of alkyl halides is 3. The Balaban J connectivity index is 1.57. The number of likely N-dealkylation sites (tertiary alicyclic amines) is 1. The maximum Gasteiger partial charge on any atom is 0.401 e. The van der Waals surface area contributed by atoms with Crippen molar-refractivity contribution in [2.75, 3.05) is 19.6 Å². The molecule has 1 saturated heterocycles. The fourth-order valence-electron chi connectivity index (χ4n) is 4.03. The third-order valence-electron chi connectivity index (χ3n) is 5.47. The highest BCUT2D eigenvalue weighted by Crippen LogP contribution is 2.33. The number of piperidine rings is 1. The molecule has 4 heterocycles. The van der Waals surface area contributed by atoms with Crippen LogP contribution in [-0.4, -0.2) is 50.5 Å². The summed E-state index contributed by atoms with van der Waals surface area (Å²) < 4.78 is 39.8. The zero-order chi connectivity index (χ0) is 20.6. The van der Waals surface area contributed by atoms with Crippen molar-refractivity contribution in [2.24, 2.45) is 0 Å². The van der Waals surface area contributed by atoms with Crippen molar-refractivity contribution >= 4 is 11.0 Å². The molecule has 0 amide bonds. The molecule has 29 heavy (non-hydrogen) atoms. The monoisotopic (exact) mass is 402 g/mol. The van der Waals surface area contributed by atoms with Crippen LogP contribution in [-0.2, 0) is 6.54 Å². The zero-order valence-electron chi connectivity index (χ0n) is 16.0. The number of rotatable bonds is 4. The number of aryl methyl sites for hydroxylation is 1. The first-order valence-electron chi connectivity index (χ1n) is 9.62. The summed E-state index contributed by atoms with van der Waals surface area (Å²) in [5.41, 5.74) is 3.80. The van der Waals surface area contributed by atoms with Crippen molar-refractivity contribution in [3.63, 3.8) is 0 Å². The van der Waals surface area contributed by atoms with Crippen LogP contribution in [0.1, 0.15) is 36.9 Å². The van der Waals surface area contributed by atoms with E-state index >= 15 is 0 Å². The summed E-state index contributed by atoms with van der Waals surface area (Å²) in [6, 6.07) is 6.05. The fourth-order valence-corrected chi connectivity index (χ4v) is 4.03. The fraction of sp³-hybridized carbons (Fsp3) is 0.450. The number of pyridine rings is 1. The molecular weight excluding hydrogens is 381 g/mol. The smallest absolute Gasteiger partial charge is 0.345 e. The lowest BCUT2D eigenvalue weighted by molar-refractivity contribution is -0.148. The average molecular weight is 402 g/mol. The van der Waals surface area contributed by atoms with Gasteiger partial charge in [0.05, 0.1) is 17.8 Å². The minimum absolute atomic E-state index is 0.180. The third-order valence-corrected chi connectivity index (χ3v) is 5.47. The van der Waals surface area contributed by atoms with Crippen molar-refractivity contribution in [1.82, 2.24) is 24.6 Å². The van der Waals surface area contributed by atoms with E-state index in [1.54, 1.807) is 12.4 Å². The Labute approximate surface area is 165 Å². The summed E-state index contributed by atoms with van der Waals surface area (Å²) in [7, 11) is 0. The van der Waals surface area contributed by atoms with Crippen molar-refractivity contribution < 1.29 is 13.2 Å². The van der Waals surface area contributed by atoms with Crippen LogP contribution in [0.3, 0.4) is 0 Å².